The summed E-state index contributed by atoms with van der Waals surface area (Å²) in [6.07, 6.45) is 0.585. The molecule has 0 aliphatic carbocycles. The summed E-state index contributed by atoms with van der Waals surface area (Å²) in [5.41, 5.74) is 1.99. The number of quaternary nitrogens is 1. The number of nitrogens with two attached hydrogens (primary N) is 1. The molecular weight excluding hydrogens is 244 g/mol. The van der Waals surface area contributed by atoms with Crippen LogP contribution in [-0.2, 0) is 0 Å². The highest BCUT2D eigenvalue weighted by Gasteiger charge is 2.34. The molecule has 0 spiro atoms. The number of hydrogen-bond acceptors (Lipinski definition) is 3. The molecule has 0 fully saturated rings. The van der Waals surface area contributed by atoms with Gasteiger partial charge in [0.25, 0.3) is 11.8 Å². The molecule has 1 aliphatic heterocycles. The number of imide groups is 1. The van der Waals surface area contributed by atoms with E-state index in [0.29, 0.717) is 30.6 Å². The third kappa shape index (κ3) is 2.46. The standard InChI is InChI=1S/C11H12N2O3.ClH/c14-10-8-4-1-2-5-9(8)11(15)13(10)7-3-6-12-16;/h1-2,4-5,12,16H,3,6-7H2;1H. The number of hydroxylamine groups is 1. The fourth-order valence-electron chi connectivity index (χ4n) is 1.78. The van der Waals surface area contributed by atoms with Crippen molar-refractivity contribution in [2.24, 2.45) is 0 Å². The van der Waals surface area contributed by atoms with Gasteiger partial charge in [0.05, 0.1) is 11.1 Å². The van der Waals surface area contributed by atoms with Crippen LogP contribution in [0.1, 0.15) is 27.1 Å². The van der Waals surface area contributed by atoms with E-state index in [1.165, 1.54) is 4.90 Å². The zero-order valence-electron chi connectivity index (χ0n) is 9.10. The molecule has 1 aliphatic rings. The Morgan fingerprint density at radius 1 is 1.12 bits per heavy atom. The minimum atomic E-state index is -0.237. The summed E-state index contributed by atoms with van der Waals surface area (Å²) in [5, 5.41) is 8.53. The smallest absolute Gasteiger partial charge is 0.261 e. The first kappa shape index (κ1) is 13.6. The minimum Gasteiger partial charge on any atom is -1.00 e. The molecule has 1 aromatic rings. The lowest BCUT2D eigenvalue weighted by atomic mass is 10.1. The van der Waals surface area contributed by atoms with Gasteiger partial charge in [-0.1, -0.05) is 12.1 Å². The lowest BCUT2D eigenvalue weighted by Crippen LogP contribution is -3.00. The largest absolute Gasteiger partial charge is 1.00 e. The molecule has 0 aromatic heterocycles. The van der Waals surface area contributed by atoms with Crippen LogP contribution < -0.4 is 17.9 Å². The zero-order chi connectivity index (χ0) is 11.5. The number of amides is 2. The van der Waals surface area contributed by atoms with E-state index in [9.17, 15) is 9.59 Å². The van der Waals surface area contributed by atoms with Crippen LogP contribution >= 0.6 is 0 Å². The summed E-state index contributed by atoms with van der Waals surface area (Å²) < 4.78 is 0. The predicted molar refractivity (Wildman–Crippen MR) is 55.0 cm³/mol. The highest BCUT2D eigenvalue weighted by molar-refractivity contribution is 6.21. The normalized spacial score (nSPS) is 13.6. The van der Waals surface area contributed by atoms with E-state index in [1.54, 1.807) is 24.3 Å². The Bertz CT molecular complexity index is 401. The third-order valence-corrected chi connectivity index (χ3v) is 2.59. The summed E-state index contributed by atoms with van der Waals surface area (Å²) in [5.74, 6) is -0.475. The van der Waals surface area contributed by atoms with E-state index in [0.717, 1.165) is 5.48 Å². The van der Waals surface area contributed by atoms with E-state index < -0.39 is 0 Å². The van der Waals surface area contributed by atoms with Crippen LogP contribution in [0, 0.1) is 0 Å². The molecule has 3 N–H and O–H groups in total. The molecule has 1 heterocycles. The van der Waals surface area contributed by atoms with E-state index in [4.69, 9.17) is 5.21 Å². The molecule has 5 nitrogen and oxygen atoms in total. The first-order chi connectivity index (χ1) is 7.75. The van der Waals surface area contributed by atoms with Crippen LogP contribution in [0.15, 0.2) is 24.3 Å². The Morgan fingerprint density at radius 2 is 1.65 bits per heavy atom. The molecule has 0 radical (unpaired) electrons. The van der Waals surface area contributed by atoms with Crippen LogP contribution in [0.25, 0.3) is 0 Å². The lowest BCUT2D eigenvalue weighted by Gasteiger charge is -2.11. The van der Waals surface area contributed by atoms with Gasteiger partial charge in [0, 0.05) is 13.0 Å². The van der Waals surface area contributed by atoms with Crippen LogP contribution in [0.4, 0.5) is 0 Å². The van der Waals surface area contributed by atoms with E-state index in [2.05, 4.69) is 0 Å². The number of benzene rings is 1. The van der Waals surface area contributed by atoms with E-state index in [1.807, 2.05) is 0 Å². The summed E-state index contributed by atoms with van der Waals surface area (Å²) in [6, 6.07) is 6.81. The second kappa shape index (κ2) is 5.77. The van der Waals surface area contributed by atoms with E-state index in [-0.39, 0.29) is 24.2 Å². The maximum Gasteiger partial charge on any atom is 0.261 e. The highest BCUT2D eigenvalue weighted by atomic mass is 35.5. The Balaban J connectivity index is 0.00000144. The predicted octanol–water partition coefficient (Wildman–Crippen LogP) is -3.37. The first-order valence-electron chi connectivity index (χ1n) is 5.17. The Hall–Kier alpha value is -1.43. The van der Waals surface area contributed by atoms with Gasteiger partial charge in [-0.3, -0.25) is 14.5 Å². The maximum atomic E-state index is 11.8. The summed E-state index contributed by atoms with van der Waals surface area (Å²) in [4.78, 5) is 24.9. The zero-order valence-corrected chi connectivity index (χ0v) is 9.85. The third-order valence-electron chi connectivity index (χ3n) is 2.59. The second-order valence-electron chi connectivity index (χ2n) is 3.63. The van der Waals surface area contributed by atoms with Crippen molar-refractivity contribution in [1.82, 2.24) is 4.90 Å². The summed E-state index contributed by atoms with van der Waals surface area (Å²) in [7, 11) is 0. The molecule has 92 valence electrons. The molecule has 2 rings (SSSR count). The van der Waals surface area contributed by atoms with Crippen molar-refractivity contribution >= 4 is 11.8 Å². The van der Waals surface area contributed by atoms with Crippen molar-refractivity contribution in [2.45, 2.75) is 6.42 Å². The van der Waals surface area contributed by atoms with Gasteiger partial charge in [-0.25, -0.2) is 10.7 Å². The maximum absolute atomic E-state index is 11.8. The number of nitrogens with zero attached hydrogens (tertiary/aromatic N) is 1. The molecule has 17 heavy (non-hydrogen) atoms. The molecule has 6 heteroatoms. The fourth-order valence-corrected chi connectivity index (χ4v) is 1.78. The van der Waals surface area contributed by atoms with Gasteiger partial charge in [-0.05, 0) is 12.1 Å². The molecule has 1 aromatic carbocycles. The van der Waals surface area contributed by atoms with Gasteiger partial charge in [0.2, 0.25) is 0 Å². The number of carbonyl (C=O) groups excluding carboxylic acids is 2. The summed E-state index contributed by atoms with van der Waals surface area (Å²) in [6.45, 7) is 0.830. The first-order valence-corrected chi connectivity index (χ1v) is 5.17. The fraction of sp³-hybridized carbons (Fsp3) is 0.273. The number of halogens is 1. The van der Waals surface area contributed by atoms with Gasteiger partial charge in [-0.2, -0.15) is 0 Å². The van der Waals surface area contributed by atoms with Gasteiger partial charge in [0.1, 0.15) is 6.54 Å². The van der Waals surface area contributed by atoms with Crippen molar-refractivity contribution in [3.05, 3.63) is 35.4 Å². The minimum absolute atomic E-state index is 0. The van der Waals surface area contributed by atoms with Crippen molar-refractivity contribution in [1.29, 1.82) is 0 Å². The van der Waals surface area contributed by atoms with Crippen LogP contribution in [0.5, 0.6) is 0 Å². The average molecular weight is 257 g/mol. The highest BCUT2D eigenvalue weighted by Crippen LogP contribution is 2.22. The quantitative estimate of drug-likeness (QED) is 0.336. The van der Waals surface area contributed by atoms with Crippen molar-refractivity contribution < 1.29 is 32.7 Å². The molecule has 0 unspecified atom stereocenters. The van der Waals surface area contributed by atoms with Crippen molar-refractivity contribution in [3.63, 3.8) is 0 Å². The van der Waals surface area contributed by atoms with Crippen molar-refractivity contribution in [3.8, 4) is 0 Å². The molecule has 2 amide bonds. The molecular formula is C11H13ClN2O3. The Morgan fingerprint density at radius 3 is 2.12 bits per heavy atom. The van der Waals surface area contributed by atoms with Gasteiger partial charge >= 0.3 is 0 Å². The van der Waals surface area contributed by atoms with Gasteiger partial charge in [-0.15, -0.1) is 0 Å². The Labute approximate surface area is 105 Å². The van der Waals surface area contributed by atoms with Crippen LogP contribution in [0.3, 0.4) is 0 Å². The van der Waals surface area contributed by atoms with Crippen LogP contribution in [0.2, 0.25) is 0 Å². The van der Waals surface area contributed by atoms with Crippen molar-refractivity contribution in [2.75, 3.05) is 13.1 Å². The SMILES string of the molecule is O=C1c2ccccc2C(=O)N1CCC[NH2+]O.[Cl-]. The van der Waals surface area contributed by atoms with Gasteiger partial charge in [0.15, 0.2) is 0 Å². The van der Waals surface area contributed by atoms with E-state index >= 15 is 0 Å². The number of fused-ring (bicyclic) bond motifs is 1. The topological polar surface area (TPSA) is 74.2 Å². The average Bonchev–Trinajstić information content (AvgIpc) is 2.55. The number of hydrogen-bond donors (Lipinski definition) is 2. The second-order valence-corrected chi connectivity index (χ2v) is 3.63. The van der Waals surface area contributed by atoms with Crippen LogP contribution in [-0.4, -0.2) is 35.0 Å². The molecule has 0 atom stereocenters. The monoisotopic (exact) mass is 256 g/mol. The summed E-state index contributed by atoms with van der Waals surface area (Å²) >= 11 is 0. The van der Waals surface area contributed by atoms with Gasteiger partial charge < -0.3 is 12.4 Å². The Kier molecular flexibility index (Phi) is 4.62. The number of carbonyl (C=O) groups is 2. The molecule has 0 saturated heterocycles. The molecule has 0 bridgehead atoms. The lowest BCUT2D eigenvalue weighted by molar-refractivity contribution is -0.886. The number of rotatable bonds is 4. The molecule has 0 saturated carbocycles.